The van der Waals surface area contributed by atoms with Crippen molar-refractivity contribution in [2.45, 2.75) is 26.8 Å². The number of aromatic nitrogens is 1. The third kappa shape index (κ3) is 8.13. The van der Waals surface area contributed by atoms with Gasteiger partial charge >= 0.3 is 0 Å². The molecule has 0 aliphatic heterocycles. The van der Waals surface area contributed by atoms with Gasteiger partial charge in [0, 0.05) is 46.1 Å². The van der Waals surface area contributed by atoms with E-state index in [9.17, 15) is 0 Å². The number of methoxy groups -OCH3 is 1. The number of benzene rings is 1. The predicted molar refractivity (Wildman–Crippen MR) is 120 cm³/mol. The van der Waals surface area contributed by atoms with Gasteiger partial charge in [-0.25, -0.2) is 4.98 Å². The molecular formula is C20H29IN4O2. The van der Waals surface area contributed by atoms with E-state index in [1.54, 1.807) is 20.4 Å². The van der Waals surface area contributed by atoms with Crippen LogP contribution in [0.15, 0.2) is 41.5 Å². The van der Waals surface area contributed by atoms with Crippen LogP contribution in [0.5, 0.6) is 11.6 Å². The highest BCUT2D eigenvalue weighted by Crippen LogP contribution is 2.22. The Balaban J connectivity index is 0.00000364. The van der Waals surface area contributed by atoms with E-state index < -0.39 is 0 Å². The average Bonchev–Trinajstić information content (AvgIpc) is 2.64. The molecule has 0 saturated heterocycles. The van der Waals surface area contributed by atoms with E-state index in [-0.39, 0.29) is 24.0 Å². The van der Waals surface area contributed by atoms with Crippen LogP contribution in [-0.4, -0.2) is 38.3 Å². The Morgan fingerprint density at radius 1 is 1.11 bits per heavy atom. The highest BCUT2D eigenvalue weighted by Gasteiger charge is 2.03. The number of ether oxygens (including phenoxy) is 2. The molecule has 2 N–H and O–H groups in total. The Kier molecular flexibility index (Phi) is 10.7. The molecule has 0 fully saturated rings. The van der Waals surface area contributed by atoms with E-state index in [2.05, 4.69) is 40.5 Å². The molecular weight excluding hydrogens is 455 g/mol. The summed E-state index contributed by atoms with van der Waals surface area (Å²) in [4.78, 5) is 8.51. The number of nitrogens with zero attached hydrogens (tertiary/aromatic N) is 2. The summed E-state index contributed by atoms with van der Waals surface area (Å²) in [6.07, 6.45) is 2.68. The summed E-state index contributed by atoms with van der Waals surface area (Å²) in [5.41, 5.74) is 3.51. The van der Waals surface area contributed by atoms with Crippen LogP contribution in [0.4, 0.5) is 0 Å². The lowest BCUT2D eigenvalue weighted by atomic mass is 10.1. The summed E-state index contributed by atoms with van der Waals surface area (Å²) in [5, 5.41) is 6.54. The number of nitrogens with one attached hydrogen (secondary N) is 2. The fourth-order valence-corrected chi connectivity index (χ4v) is 2.34. The van der Waals surface area contributed by atoms with Crippen molar-refractivity contribution in [1.29, 1.82) is 0 Å². The smallest absolute Gasteiger partial charge is 0.219 e. The van der Waals surface area contributed by atoms with Crippen LogP contribution in [0.2, 0.25) is 0 Å². The molecule has 1 heterocycles. The van der Waals surface area contributed by atoms with Crippen molar-refractivity contribution in [2.75, 3.05) is 27.3 Å². The molecule has 27 heavy (non-hydrogen) atoms. The maximum absolute atomic E-state index is 5.88. The molecule has 2 aromatic rings. The summed E-state index contributed by atoms with van der Waals surface area (Å²) in [6.45, 7) is 6.33. The van der Waals surface area contributed by atoms with Crippen molar-refractivity contribution < 1.29 is 9.47 Å². The van der Waals surface area contributed by atoms with E-state index in [0.29, 0.717) is 12.4 Å². The van der Waals surface area contributed by atoms with Crippen molar-refractivity contribution in [1.82, 2.24) is 15.6 Å². The standard InChI is InChI=1S/C20H28N4O2.HI/c1-15-6-7-18(12-16(15)2)26-19-13-17(8-10-22-19)14-24-20(21-3)23-9-5-11-25-4;/h6-8,10,12-13H,5,9,11,14H2,1-4H3,(H2,21,23,24);1H. The Morgan fingerprint density at radius 2 is 1.93 bits per heavy atom. The fraction of sp³-hybridized carbons (Fsp3) is 0.400. The molecule has 0 aliphatic carbocycles. The molecule has 1 aromatic carbocycles. The maximum atomic E-state index is 5.88. The second-order valence-electron chi connectivity index (χ2n) is 6.05. The molecule has 0 aliphatic rings. The van der Waals surface area contributed by atoms with E-state index in [1.165, 1.54) is 11.1 Å². The predicted octanol–water partition coefficient (Wildman–Crippen LogP) is 3.81. The Bertz CT molecular complexity index is 738. The summed E-state index contributed by atoms with van der Waals surface area (Å²) in [6, 6.07) is 9.92. The lowest BCUT2D eigenvalue weighted by Gasteiger charge is -2.12. The number of aliphatic imine (C=N–C) groups is 1. The minimum absolute atomic E-state index is 0. The van der Waals surface area contributed by atoms with Crippen LogP contribution in [0.1, 0.15) is 23.1 Å². The topological polar surface area (TPSA) is 67.8 Å². The van der Waals surface area contributed by atoms with Crippen LogP contribution >= 0.6 is 24.0 Å². The Morgan fingerprint density at radius 3 is 2.63 bits per heavy atom. The normalized spacial score (nSPS) is 10.9. The van der Waals surface area contributed by atoms with Crippen LogP contribution in [-0.2, 0) is 11.3 Å². The number of aryl methyl sites for hydroxylation is 2. The summed E-state index contributed by atoms with van der Waals surface area (Å²) in [5.74, 6) is 2.13. The molecule has 0 unspecified atom stereocenters. The van der Waals surface area contributed by atoms with Crippen LogP contribution < -0.4 is 15.4 Å². The molecule has 0 atom stereocenters. The van der Waals surface area contributed by atoms with Crippen LogP contribution in [0.3, 0.4) is 0 Å². The first kappa shape index (κ1) is 23.2. The van der Waals surface area contributed by atoms with E-state index >= 15 is 0 Å². The molecule has 0 bridgehead atoms. The summed E-state index contributed by atoms with van der Waals surface area (Å²) < 4.78 is 10.9. The van der Waals surface area contributed by atoms with Crippen molar-refractivity contribution >= 4 is 29.9 Å². The van der Waals surface area contributed by atoms with Gasteiger partial charge < -0.3 is 20.1 Å². The average molecular weight is 484 g/mol. The monoisotopic (exact) mass is 484 g/mol. The zero-order valence-electron chi connectivity index (χ0n) is 16.4. The van der Waals surface area contributed by atoms with Crippen molar-refractivity contribution in [2.24, 2.45) is 4.99 Å². The minimum Gasteiger partial charge on any atom is -0.439 e. The van der Waals surface area contributed by atoms with Gasteiger partial charge in [-0.2, -0.15) is 0 Å². The first-order valence-electron chi connectivity index (χ1n) is 8.76. The SMILES string of the molecule is CN=C(NCCCOC)NCc1ccnc(Oc2ccc(C)c(C)c2)c1.I. The molecule has 6 nitrogen and oxygen atoms in total. The Hall–Kier alpha value is -1.87. The lowest BCUT2D eigenvalue weighted by Crippen LogP contribution is -2.37. The molecule has 2 rings (SSSR count). The number of halogens is 1. The van der Waals surface area contributed by atoms with Gasteiger partial charge in [0.2, 0.25) is 5.88 Å². The molecule has 0 radical (unpaired) electrons. The van der Waals surface area contributed by atoms with Gasteiger partial charge in [-0.1, -0.05) is 6.07 Å². The van der Waals surface area contributed by atoms with Crippen molar-refractivity contribution in [3.8, 4) is 11.6 Å². The highest BCUT2D eigenvalue weighted by atomic mass is 127. The van der Waals surface area contributed by atoms with Crippen molar-refractivity contribution in [3.05, 3.63) is 53.2 Å². The first-order valence-corrected chi connectivity index (χ1v) is 8.76. The second kappa shape index (κ2) is 12.5. The lowest BCUT2D eigenvalue weighted by molar-refractivity contribution is 0.195. The van der Waals surface area contributed by atoms with Crippen LogP contribution in [0, 0.1) is 13.8 Å². The molecule has 7 heteroatoms. The molecule has 148 valence electrons. The number of pyridine rings is 1. The van der Waals surface area contributed by atoms with Gasteiger partial charge in [0.15, 0.2) is 5.96 Å². The van der Waals surface area contributed by atoms with E-state index in [0.717, 1.165) is 36.8 Å². The third-order valence-corrected chi connectivity index (χ3v) is 4.00. The molecule has 0 spiro atoms. The van der Waals surface area contributed by atoms with Gasteiger partial charge in [0.1, 0.15) is 5.75 Å². The van der Waals surface area contributed by atoms with Gasteiger partial charge in [-0.15, -0.1) is 24.0 Å². The number of guanidine groups is 1. The number of rotatable bonds is 8. The van der Waals surface area contributed by atoms with Crippen molar-refractivity contribution in [3.63, 3.8) is 0 Å². The number of hydrogen-bond donors (Lipinski definition) is 2. The molecule has 0 amide bonds. The quantitative estimate of drug-likeness (QED) is 0.258. The zero-order chi connectivity index (χ0) is 18.8. The zero-order valence-corrected chi connectivity index (χ0v) is 18.7. The van der Waals surface area contributed by atoms with Crippen LogP contribution in [0.25, 0.3) is 0 Å². The largest absolute Gasteiger partial charge is 0.439 e. The Labute approximate surface area is 178 Å². The van der Waals surface area contributed by atoms with E-state index in [1.807, 2.05) is 24.3 Å². The first-order chi connectivity index (χ1) is 12.6. The highest BCUT2D eigenvalue weighted by molar-refractivity contribution is 14.0. The maximum Gasteiger partial charge on any atom is 0.219 e. The molecule has 1 aromatic heterocycles. The number of hydrogen-bond acceptors (Lipinski definition) is 4. The van der Waals surface area contributed by atoms with Gasteiger partial charge in [0.25, 0.3) is 0 Å². The third-order valence-electron chi connectivity index (χ3n) is 4.00. The minimum atomic E-state index is 0. The second-order valence-corrected chi connectivity index (χ2v) is 6.05. The van der Waals surface area contributed by atoms with E-state index in [4.69, 9.17) is 9.47 Å². The van der Waals surface area contributed by atoms with Gasteiger partial charge in [-0.3, -0.25) is 4.99 Å². The molecule has 0 saturated carbocycles. The van der Waals surface area contributed by atoms with Gasteiger partial charge in [0.05, 0.1) is 0 Å². The fourth-order valence-electron chi connectivity index (χ4n) is 2.34. The van der Waals surface area contributed by atoms with Gasteiger partial charge in [-0.05, 0) is 55.2 Å². The summed E-state index contributed by atoms with van der Waals surface area (Å²) in [7, 11) is 3.46. The summed E-state index contributed by atoms with van der Waals surface area (Å²) >= 11 is 0.